The molecule has 27 heavy (non-hydrogen) atoms. The van der Waals surface area contributed by atoms with Crippen molar-refractivity contribution in [2.24, 2.45) is 14.1 Å². The molecule has 5 nitrogen and oxygen atoms in total. The third-order valence-corrected chi connectivity index (χ3v) is 5.65. The van der Waals surface area contributed by atoms with E-state index in [-0.39, 0.29) is 5.41 Å². The van der Waals surface area contributed by atoms with Crippen LogP contribution >= 0.6 is 0 Å². The molecule has 0 saturated carbocycles. The van der Waals surface area contributed by atoms with Crippen LogP contribution in [0.4, 0.5) is 0 Å². The van der Waals surface area contributed by atoms with Gasteiger partial charge < -0.3 is 9.13 Å². The molecule has 1 aliphatic rings. The molecule has 0 amide bonds. The van der Waals surface area contributed by atoms with E-state index in [1.54, 1.807) is 0 Å². The summed E-state index contributed by atoms with van der Waals surface area (Å²) in [5, 5.41) is 0. The quantitative estimate of drug-likeness (QED) is 0.713. The summed E-state index contributed by atoms with van der Waals surface area (Å²) in [6, 6.07) is 8.89. The highest BCUT2D eigenvalue weighted by Gasteiger charge is 2.24. The lowest BCUT2D eigenvalue weighted by Gasteiger charge is -2.26. The summed E-state index contributed by atoms with van der Waals surface area (Å²) in [7, 11) is 4.20. The van der Waals surface area contributed by atoms with Gasteiger partial charge in [-0.25, -0.2) is 9.97 Å². The number of hydrogen-bond acceptors (Lipinski definition) is 3. The third-order valence-electron chi connectivity index (χ3n) is 5.65. The van der Waals surface area contributed by atoms with Crippen molar-refractivity contribution in [3.05, 3.63) is 59.4 Å². The Morgan fingerprint density at radius 3 is 2.44 bits per heavy atom. The van der Waals surface area contributed by atoms with E-state index in [1.165, 1.54) is 28.2 Å². The van der Waals surface area contributed by atoms with E-state index in [0.717, 1.165) is 31.9 Å². The molecule has 142 valence electrons. The van der Waals surface area contributed by atoms with Gasteiger partial charge in [-0.05, 0) is 11.0 Å². The Balaban J connectivity index is 1.58. The SMILES string of the molecule is Cn1cncc1CN1CCc2nc(-c3ccc(C(C)(C)C)cc3)n(C)c2C1. The Kier molecular flexibility index (Phi) is 4.42. The van der Waals surface area contributed by atoms with Crippen LogP contribution in [0.1, 0.15) is 43.4 Å². The van der Waals surface area contributed by atoms with Crippen molar-refractivity contribution in [3.8, 4) is 11.4 Å². The minimum Gasteiger partial charge on any atom is -0.337 e. The first-order valence-electron chi connectivity index (χ1n) is 9.66. The molecular weight excluding hydrogens is 334 g/mol. The summed E-state index contributed by atoms with van der Waals surface area (Å²) in [4.78, 5) is 11.7. The van der Waals surface area contributed by atoms with Gasteiger partial charge in [-0.3, -0.25) is 4.90 Å². The summed E-state index contributed by atoms with van der Waals surface area (Å²) in [6.45, 7) is 9.65. The van der Waals surface area contributed by atoms with Gasteiger partial charge in [0, 0.05) is 51.9 Å². The molecule has 0 aliphatic carbocycles. The second-order valence-electron chi connectivity index (χ2n) is 8.67. The monoisotopic (exact) mass is 363 g/mol. The molecule has 3 heterocycles. The molecule has 0 fully saturated rings. The van der Waals surface area contributed by atoms with E-state index in [2.05, 4.69) is 78.2 Å². The molecule has 0 bridgehead atoms. The van der Waals surface area contributed by atoms with Gasteiger partial charge in [0.15, 0.2) is 0 Å². The number of fused-ring (bicyclic) bond motifs is 1. The van der Waals surface area contributed by atoms with Crippen molar-refractivity contribution in [3.63, 3.8) is 0 Å². The Hall–Kier alpha value is -2.40. The zero-order chi connectivity index (χ0) is 19.2. The molecule has 0 spiro atoms. The lowest BCUT2D eigenvalue weighted by atomic mass is 9.87. The van der Waals surface area contributed by atoms with Gasteiger partial charge in [0.2, 0.25) is 0 Å². The van der Waals surface area contributed by atoms with Crippen molar-refractivity contribution < 1.29 is 0 Å². The summed E-state index contributed by atoms with van der Waals surface area (Å²) in [6.07, 6.45) is 4.83. The fourth-order valence-electron chi connectivity index (χ4n) is 3.82. The van der Waals surface area contributed by atoms with Gasteiger partial charge in [-0.1, -0.05) is 45.0 Å². The van der Waals surface area contributed by atoms with Crippen molar-refractivity contribution in [1.82, 2.24) is 24.0 Å². The number of rotatable bonds is 3. The van der Waals surface area contributed by atoms with Crippen molar-refractivity contribution in [1.29, 1.82) is 0 Å². The van der Waals surface area contributed by atoms with Gasteiger partial charge in [0.1, 0.15) is 5.82 Å². The van der Waals surface area contributed by atoms with E-state index in [1.807, 2.05) is 12.5 Å². The molecule has 0 saturated heterocycles. The number of hydrogen-bond donors (Lipinski definition) is 0. The summed E-state index contributed by atoms with van der Waals surface area (Å²) < 4.78 is 4.37. The van der Waals surface area contributed by atoms with Gasteiger partial charge in [-0.15, -0.1) is 0 Å². The second kappa shape index (κ2) is 6.64. The Labute approximate surface area is 161 Å². The topological polar surface area (TPSA) is 38.9 Å². The smallest absolute Gasteiger partial charge is 0.140 e. The fraction of sp³-hybridized carbons (Fsp3) is 0.455. The van der Waals surface area contributed by atoms with Crippen LogP contribution in [0.25, 0.3) is 11.4 Å². The van der Waals surface area contributed by atoms with Crippen LogP contribution < -0.4 is 0 Å². The summed E-state index contributed by atoms with van der Waals surface area (Å²) in [5.41, 5.74) is 6.54. The van der Waals surface area contributed by atoms with Gasteiger partial charge in [0.25, 0.3) is 0 Å². The van der Waals surface area contributed by atoms with E-state index in [4.69, 9.17) is 4.98 Å². The molecule has 1 aromatic carbocycles. The van der Waals surface area contributed by atoms with Crippen LogP contribution in [0.2, 0.25) is 0 Å². The highest BCUT2D eigenvalue weighted by atomic mass is 15.2. The first-order chi connectivity index (χ1) is 12.8. The Bertz CT molecular complexity index is 940. The van der Waals surface area contributed by atoms with E-state index in [0.29, 0.717) is 0 Å². The molecule has 2 aromatic heterocycles. The number of imidazole rings is 2. The average Bonchev–Trinajstić information content (AvgIpc) is 3.18. The number of benzene rings is 1. The first kappa shape index (κ1) is 18.0. The molecule has 3 aromatic rings. The lowest BCUT2D eigenvalue weighted by Crippen LogP contribution is -2.31. The molecule has 0 atom stereocenters. The van der Waals surface area contributed by atoms with Crippen LogP contribution in [-0.4, -0.2) is 30.5 Å². The lowest BCUT2D eigenvalue weighted by molar-refractivity contribution is 0.233. The van der Waals surface area contributed by atoms with Gasteiger partial charge >= 0.3 is 0 Å². The second-order valence-corrected chi connectivity index (χ2v) is 8.67. The number of aryl methyl sites for hydroxylation is 1. The fourth-order valence-corrected chi connectivity index (χ4v) is 3.82. The maximum absolute atomic E-state index is 4.98. The van der Waals surface area contributed by atoms with Gasteiger partial charge in [-0.2, -0.15) is 0 Å². The molecule has 5 heteroatoms. The predicted molar refractivity (Wildman–Crippen MR) is 108 cm³/mol. The molecular formula is C22H29N5. The highest BCUT2D eigenvalue weighted by molar-refractivity contribution is 5.58. The molecule has 0 N–H and O–H groups in total. The van der Waals surface area contributed by atoms with Gasteiger partial charge in [0.05, 0.1) is 23.4 Å². The van der Waals surface area contributed by atoms with E-state index in [9.17, 15) is 0 Å². The molecule has 4 rings (SSSR count). The maximum Gasteiger partial charge on any atom is 0.140 e. The highest BCUT2D eigenvalue weighted by Crippen LogP contribution is 2.29. The normalized spacial score (nSPS) is 15.1. The van der Waals surface area contributed by atoms with Crippen molar-refractivity contribution in [2.45, 2.75) is 45.7 Å². The summed E-state index contributed by atoms with van der Waals surface area (Å²) in [5.74, 6) is 1.07. The molecule has 0 unspecified atom stereocenters. The van der Waals surface area contributed by atoms with Crippen LogP contribution in [0, 0.1) is 0 Å². The van der Waals surface area contributed by atoms with E-state index < -0.39 is 0 Å². The zero-order valence-corrected chi connectivity index (χ0v) is 17.0. The van der Waals surface area contributed by atoms with Crippen LogP contribution in [0.5, 0.6) is 0 Å². The minimum atomic E-state index is 0.172. The van der Waals surface area contributed by atoms with Crippen molar-refractivity contribution in [2.75, 3.05) is 6.54 Å². The zero-order valence-electron chi connectivity index (χ0n) is 17.0. The minimum absolute atomic E-state index is 0.172. The molecule has 0 radical (unpaired) electrons. The Morgan fingerprint density at radius 2 is 1.81 bits per heavy atom. The van der Waals surface area contributed by atoms with Crippen LogP contribution in [-0.2, 0) is 39.0 Å². The first-order valence-corrected chi connectivity index (χ1v) is 9.66. The largest absolute Gasteiger partial charge is 0.337 e. The van der Waals surface area contributed by atoms with Crippen molar-refractivity contribution >= 4 is 0 Å². The van der Waals surface area contributed by atoms with E-state index >= 15 is 0 Å². The average molecular weight is 364 g/mol. The number of aromatic nitrogens is 4. The third kappa shape index (κ3) is 3.44. The Morgan fingerprint density at radius 1 is 1.07 bits per heavy atom. The summed E-state index contributed by atoms with van der Waals surface area (Å²) >= 11 is 0. The molecule has 1 aliphatic heterocycles. The number of nitrogens with zero attached hydrogens (tertiary/aromatic N) is 5. The van der Waals surface area contributed by atoms with Crippen LogP contribution in [0.3, 0.4) is 0 Å². The standard InChI is InChI=1S/C22H29N5/c1-22(2,3)17-8-6-16(7-9-17)21-24-19-10-11-27(14-20(19)26(21)5)13-18-12-23-15-25(18)4/h6-9,12,15H,10-11,13-14H2,1-5H3. The predicted octanol–water partition coefficient (Wildman–Crippen LogP) is 3.68. The maximum atomic E-state index is 4.98. The van der Waals surface area contributed by atoms with Crippen LogP contribution in [0.15, 0.2) is 36.8 Å².